The molecule has 0 saturated carbocycles. The van der Waals surface area contributed by atoms with Gasteiger partial charge in [-0.15, -0.1) is 0 Å². The van der Waals surface area contributed by atoms with Gasteiger partial charge in [0.05, 0.1) is 16.6 Å². The van der Waals surface area contributed by atoms with E-state index in [0.717, 1.165) is 12.1 Å². The molecule has 0 aliphatic carbocycles. The molecule has 1 fully saturated rings. The minimum absolute atomic E-state index is 0.0256. The molecule has 21 heavy (non-hydrogen) atoms. The maximum atomic E-state index is 12.7. The number of imidazole rings is 1. The number of fused-ring (bicyclic) bond motifs is 1. The number of halogens is 3. The van der Waals surface area contributed by atoms with E-state index in [2.05, 4.69) is 10.3 Å². The van der Waals surface area contributed by atoms with Crippen LogP contribution in [0.2, 0.25) is 0 Å². The molecule has 5 nitrogen and oxygen atoms in total. The molecule has 112 valence electrons. The second-order valence-corrected chi connectivity index (χ2v) is 5.08. The molecule has 2 heterocycles. The Morgan fingerprint density at radius 1 is 1.43 bits per heavy atom. The highest BCUT2D eigenvalue weighted by molar-refractivity contribution is 5.80. The largest absolute Gasteiger partial charge is 0.416 e. The average Bonchev–Trinajstić information content (AvgIpc) is 2.93. The summed E-state index contributed by atoms with van der Waals surface area (Å²) in [6.45, 7) is 0.402. The van der Waals surface area contributed by atoms with E-state index in [0.29, 0.717) is 24.9 Å². The molecule has 3 rings (SSSR count). The molecular weight excluding hydrogens is 285 g/mol. The van der Waals surface area contributed by atoms with Crippen LogP contribution in [0, 0.1) is 0 Å². The first-order valence-corrected chi connectivity index (χ1v) is 6.47. The molecule has 1 saturated heterocycles. The van der Waals surface area contributed by atoms with Crippen LogP contribution in [-0.4, -0.2) is 21.5 Å². The molecular formula is C13H13F3N4O. The number of nitrogen functional groups attached to an aromatic ring is 1. The lowest BCUT2D eigenvalue weighted by Gasteiger charge is -2.13. The molecule has 0 radical (unpaired) electrons. The molecule has 1 aliphatic heterocycles. The van der Waals surface area contributed by atoms with Gasteiger partial charge in [0.1, 0.15) is 0 Å². The smallest absolute Gasteiger partial charge is 0.369 e. The second kappa shape index (κ2) is 4.64. The van der Waals surface area contributed by atoms with Gasteiger partial charge in [0, 0.05) is 19.0 Å². The van der Waals surface area contributed by atoms with Gasteiger partial charge in [-0.3, -0.25) is 4.79 Å². The third-order valence-corrected chi connectivity index (χ3v) is 3.59. The monoisotopic (exact) mass is 298 g/mol. The summed E-state index contributed by atoms with van der Waals surface area (Å²) in [5, 5.41) is 2.80. The number of hydrogen-bond acceptors (Lipinski definition) is 3. The van der Waals surface area contributed by atoms with Crippen molar-refractivity contribution in [3.05, 3.63) is 23.8 Å². The number of carbonyl (C=O) groups excluding carboxylic acids is 1. The Morgan fingerprint density at radius 3 is 2.81 bits per heavy atom. The summed E-state index contributed by atoms with van der Waals surface area (Å²) < 4.78 is 39.7. The van der Waals surface area contributed by atoms with Crippen molar-refractivity contribution in [1.29, 1.82) is 0 Å². The number of anilines is 1. The van der Waals surface area contributed by atoms with Gasteiger partial charge in [-0.2, -0.15) is 13.2 Å². The Labute approximate surface area is 117 Å². The first-order valence-electron chi connectivity index (χ1n) is 6.47. The lowest BCUT2D eigenvalue weighted by atomic mass is 10.2. The number of amides is 1. The van der Waals surface area contributed by atoms with Crippen molar-refractivity contribution >= 4 is 22.9 Å². The molecule has 1 aliphatic rings. The highest BCUT2D eigenvalue weighted by atomic mass is 19.4. The van der Waals surface area contributed by atoms with Crippen LogP contribution in [0.15, 0.2) is 18.2 Å². The number of nitrogens with two attached hydrogens (primary N) is 1. The van der Waals surface area contributed by atoms with Crippen molar-refractivity contribution in [1.82, 2.24) is 14.9 Å². The average molecular weight is 298 g/mol. The summed E-state index contributed by atoms with van der Waals surface area (Å²) in [5.74, 6) is 0.118. The zero-order chi connectivity index (χ0) is 15.2. The van der Waals surface area contributed by atoms with E-state index < -0.39 is 11.7 Å². The van der Waals surface area contributed by atoms with E-state index in [1.54, 1.807) is 4.57 Å². The molecule has 1 aromatic carbocycles. The fourth-order valence-corrected chi connectivity index (χ4v) is 2.55. The number of alkyl halides is 3. The highest BCUT2D eigenvalue weighted by Gasteiger charge is 2.31. The summed E-state index contributed by atoms with van der Waals surface area (Å²) in [6.07, 6.45) is -3.28. The first-order chi connectivity index (χ1) is 9.84. The number of carbonyl (C=O) groups is 1. The number of nitrogens with zero attached hydrogens (tertiary/aromatic N) is 2. The van der Waals surface area contributed by atoms with Crippen LogP contribution in [0.4, 0.5) is 19.1 Å². The molecule has 2 aromatic rings. The van der Waals surface area contributed by atoms with Crippen molar-refractivity contribution in [3.63, 3.8) is 0 Å². The third kappa shape index (κ3) is 2.53. The van der Waals surface area contributed by atoms with E-state index in [4.69, 9.17) is 5.73 Å². The Kier molecular flexibility index (Phi) is 3.03. The van der Waals surface area contributed by atoms with Crippen molar-refractivity contribution < 1.29 is 18.0 Å². The predicted molar refractivity (Wildman–Crippen MR) is 70.3 cm³/mol. The number of hydrogen-bond donors (Lipinski definition) is 2. The van der Waals surface area contributed by atoms with Gasteiger partial charge in [0.15, 0.2) is 0 Å². The van der Waals surface area contributed by atoms with E-state index in [1.807, 2.05) is 0 Å². The zero-order valence-electron chi connectivity index (χ0n) is 10.9. The van der Waals surface area contributed by atoms with E-state index >= 15 is 0 Å². The van der Waals surface area contributed by atoms with Crippen LogP contribution in [0.5, 0.6) is 0 Å². The van der Waals surface area contributed by atoms with Crippen molar-refractivity contribution in [2.45, 2.75) is 31.6 Å². The SMILES string of the molecule is Nc1nc2cc(C(F)(F)F)ccc2n1CC1CCC(=O)N1. The summed E-state index contributed by atoms with van der Waals surface area (Å²) >= 11 is 0. The fourth-order valence-electron chi connectivity index (χ4n) is 2.55. The van der Waals surface area contributed by atoms with Gasteiger partial charge in [-0.05, 0) is 24.6 Å². The molecule has 1 amide bonds. The minimum atomic E-state index is -4.41. The van der Waals surface area contributed by atoms with Gasteiger partial charge in [0.2, 0.25) is 11.9 Å². The lowest BCUT2D eigenvalue weighted by Crippen LogP contribution is -2.29. The highest BCUT2D eigenvalue weighted by Crippen LogP contribution is 2.32. The molecule has 8 heteroatoms. The molecule has 1 unspecified atom stereocenters. The van der Waals surface area contributed by atoms with Crippen molar-refractivity contribution in [2.75, 3.05) is 5.73 Å². The van der Waals surface area contributed by atoms with Gasteiger partial charge >= 0.3 is 6.18 Å². The maximum absolute atomic E-state index is 12.7. The number of rotatable bonds is 2. The lowest BCUT2D eigenvalue weighted by molar-refractivity contribution is -0.137. The summed E-state index contributed by atoms with van der Waals surface area (Å²) in [6, 6.07) is 3.28. The topological polar surface area (TPSA) is 72.9 Å². The van der Waals surface area contributed by atoms with Crippen LogP contribution < -0.4 is 11.1 Å². The number of nitrogens with one attached hydrogen (secondary N) is 1. The Balaban J connectivity index is 1.96. The van der Waals surface area contributed by atoms with E-state index in [-0.39, 0.29) is 23.4 Å². The van der Waals surface area contributed by atoms with Gasteiger partial charge in [0.25, 0.3) is 0 Å². The number of benzene rings is 1. The second-order valence-electron chi connectivity index (χ2n) is 5.08. The van der Waals surface area contributed by atoms with E-state index in [9.17, 15) is 18.0 Å². The zero-order valence-corrected chi connectivity index (χ0v) is 10.9. The first kappa shape index (κ1) is 13.7. The minimum Gasteiger partial charge on any atom is -0.369 e. The predicted octanol–water partition coefficient (Wildman–Crippen LogP) is 1.92. The molecule has 1 aromatic heterocycles. The summed E-state index contributed by atoms with van der Waals surface area (Å²) in [4.78, 5) is 15.2. The molecule has 3 N–H and O–H groups in total. The van der Waals surface area contributed by atoms with Crippen molar-refractivity contribution in [3.8, 4) is 0 Å². The van der Waals surface area contributed by atoms with Gasteiger partial charge < -0.3 is 15.6 Å². The van der Waals surface area contributed by atoms with Crippen LogP contribution >= 0.6 is 0 Å². The Bertz CT molecular complexity index is 707. The quantitative estimate of drug-likeness (QED) is 0.889. The Morgan fingerprint density at radius 2 is 2.19 bits per heavy atom. The standard InChI is InChI=1S/C13H13F3N4O/c14-13(15,16)7-1-3-10-9(5-7)19-12(17)20(10)6-8-2-4-11(21)18-8/h1,3,5,8H,2,4,6H2,(H2,17,19)(H,18,21). The molecule has 0 bridgehead atoms. The summed E-state index contributed by atoms with van der Waals surface area (Å²) in [7, 11) is 0. The van der Waals surface area contributed by atoms with Gasteiger partial charge in [-0.1, -0.05) is 0 Å². The van der Waals surface area contributed by atoms with Crippen LogP contribution in [0.25, 0.3) is 11.0 Å². The summed E-state index contributed by atoms with van der Waals surface area (Å²) in [5.41, 5.74) is 5.76. The third-order valence-electron chi connectivity index (χ3n) is 3.59. The van der Waals surface area contributed by atoms with Crippen molar-refractivity contribution in [2.24, 2.45) is 0 Å². The fraction of sp³-hybridized carbons (Fsp3) is 0.385. The normalized spacial score (nSPS) is 19.2. The van der Waals surface area contributed by atoms with Crippen LogP contribution in [-0.2, 0) is 17.5 Å². The van der Waals surface area contributed by atoms with E-state index in [1.165, 1.54) is 6.07 Å². The van der Waals surface area contributed by atoms with Gasteiger partial charge in [-0.25, -0.2) is 4.98 Å². The molecule has 1 atom stereocenters. The Hall–Kier alpha value is -2.25. The number of aromatic nitrogens is 2. The molecule has 0 spiro atoms. The maximum Gasteiger partial charge on any atom is 0.416 e. The van der Waals surface area contributed by atoms with Crippen LogP contribution in [0.1, 0.15) is 18.4 Å². The van der Waals surface area contributed by atoms with Crippen LogP contribution in [0.3, 0.4) is 0 Å².